The molecule has 1 aromatic heterocycles. The smallest absolute Gasteiger partial charge is 0.306 e. The maximum absolute atomic E-state index is 16.0. The first kappa shape index (κ1) is 51.2. The van der Waals surface area contributed by atoms with Gasteiger partial charge in [-0.05, 0) is 155 Å². The van der Waals surface area contributed by atoms with E-state index in [0.29, 0.717) is 85.6 Å². The minimum Gasteiger partial charge on any atom is -0.497 e. The van der Waals surface area contributed by atoms with Crippen LogP contribution in [0.2, 0.25) is 0 Å². The molecule has 14 nitrogen and oxygen atoms in total. The van der Waals surface area contributed by atoms with Gasteiger partial charge in [-0.2, -0.15) is 4.31 Å². The van der Waals surface area contributed by atoms with Crippen molar-refractivity contribution >= 4 is 22.0 Å². The first-order valence-corrected chi connectivity index (χ1v) is 24.1. The van der Waals surface area contributed by atoms with E-state index in [1.165, 1.54) is 4.31 Å². The molecule has 0 unspecified atom stereocenters. The normalized spacial score (nSPS) is 12.0. The summed E-state index contributed by atoms with van der Waals surface area (Å²) in [6.45, 7) is 11.5. The van der Waals surface area contributed by atoms with Crippen LogP contribution >= 0.6 is 0 Å². The summed E-state index contributed by atoms with van der Waals surface area (Å²) in [5.41, 5.74) is 3.08. The van der Waals surface area contributed by atoms with Gasteiger partial charge < -0.3 is 23.7 Å². The van der Waals surface area contributed by atoms with E-state index in [1.54, 1.807) is 26.0 Å². The van der Waals surface area contributed by atoms with Gasteiger partial charge in [0.25, 0.3) is 0 Å². The Bertz CT molecular complexity index is 2390. The number of carbonyl (C=O) groups is 2. The van der Waals surface area contributed by atoms with Crippen molar-refractivity contribution in [1.82, 2.24) is 24.5 Å². The third kappa shape index (κ3) is 15.4. The van der Waals surface area contributed by atoms with Crippen molar-refractivity contribution in [2.24, 2.45) is 0 Å². The van der Waals surface area contributed by atoms with E-state index < -0.39 is 21.2 Å². The maximum atomic E-state index is 16.0. The fraction of sp³-hybridized carbons (Fsp3) is 0.471. The summed E-state index contributed by atoms with van der Waals surface area (Å²) < 4.78 is 62.4. The summed E-state index contributed by atoms with van der Waals surface area (Å²) in [4.78, 5) is 25.3. The Kier molecular flexibility index (Phi) is 18.3. The van der Waals surface area contributed by atoms with E-state index >= 15 is 8.42 Å². The minimum absolute atomic E-state index is 0.0544. The molecule has 1 heterocycles. The second-order valence-electron chi connectivity index (χ2n) is 18.4. The fourth-order valence-corrected chi connectivity index (χ4v) is 9.42. The van der Waals surface area contributed by atoms with Crippen LogP contribution < -0.4 is 14.2 Å². The highest BCUT2D eigenvalue weighted by Gasteiger charge is 2.34. The number of nitrogens with zero attached hydrogens (tertiary/aromatic N) is 5. The second-order valence-corrected chi connectivity index (χ2v) is 20.2. The Hall–Kier alpha value is -5.80. The van der Waals surface area contributed by atoms with Crippen LogP contribution in [0, 0.1) is 0 Å². The lowest BCUT2D eigenvalue weighted by atomic mass is 9.95. The molecule has 66 heavy (non-hydrogen) atoms. The number of aryl methyl sites for hydroxylation is 2. The van der Waals surface area contributed by atoms with Crippen LogP contribution in [-0.4, -0.2) is 77.4 Å². The molecule has 0 radical (unpaired) electrons. The van der Waals surface area contributed by atoms with Crippen LogP contribution in [0.3, 0.4) is 0 Å². The Labute approximate surface area is 391 Å². The molecule has 0 aliphatic rings. The van der Waals surface area contributed by atoms with Crippen LogP contribution in [0.1, 0.15) is 121 Å². The summed E-state index contributed by atoms with van der Waals surface area (Å²) >= 11 is 0. The Morgan fingerprint density at radius 1 is 0.576 bits per heavy atom. The predicted octanol–water partition coefficient (Wildman–Crippen LogP) is 9.69. The summed E-state index contributed by atoms with van der Waals surface area (Å²) in [7, 11) is 0.419. The number of unbranched alkanes of at least 4 members (excludes halogenated alkanes) is 4. The maximum Gasteiger partial charge on any atom is 0.306 e. The number of aromatic nitrogens is 4. The molecule has 5 rings (SSSR count). The first-order valence-electron chi connectivity index (χ1n) is 22.6. The molecule has 0 saturated heterocycles. The molecule has 0 atom stereocenters. The van der Waals surface area contributed by atoms with Crippen LogP contribution in [-0.2, 0) is 61.6 Å². The molecule has 0 aliphatic carbocycles. The number of sulfonamides is 1. The minimum atomic E-state index is -4.37. The molecular weight excluding hydrogens is 859 g/mol. The standard InChI is InChI=1S/C51H67N5O9S/c1-50(2,3)64-45(57)18-14-10-12-16-40-26-27-41(17-13-11-15-19-46(58)65-51(4,5)6)48(47(40)49-52-53-54-56(49)36-39-24-32-44(63-9)33-25-39)66(59,60)55(34-37-20-28-42(61-7)29-21-37)35-38-22-30-43(62-8)31-23-38/h20-33H,10-19,34-36H2,1-9H3. The Balaban J connectivity index is 1.63. The molecule has 0 spiro atoms. The molecule has 0 saturated carbocycles. The van der Waals surface area contributed by atoms with Gasteiger partial charge >= 0.3 is 11.9 Å². The monoisotopic (exact) mass is 925 g/mol. The SMILES string of the molecule is COc1ccc(CN(Cc2ccc(OC)cc2)S(=O)(=O)c2c(CCCCCC(=O)OC(C)(C)C)ccc(CCCCCC(=O)OC(C)(C)C)c2-c2nnnn2Cc2ccc(OC)cc2)cc1. The third-order valence-corrected chi connectivity index (χ3v) is 12.6. The molecule has 0 amide bonds. The second kappa shape index (κ2) is 23.6. The first-order chi connectivity index (χ1) is 31.4. The van der Waals surface area contributed by atoms with Crippen molar-refractivity contribution in [1.29, 1.82) is 0 Å². The molecular formula is C51H67N5O9S. The van der Waals surface area contributed by atoms with E-state index in [0.717, 1.165) is 22.3 Å². The van der Waals surface area contributed by atoms with Gasteiger partial charge in [0.15, 0.2) is 5.82 Å². The lowest BCUT2D eigenvalue weighted by molar-refractivity contribution is -0.156. The number of hydrogen-bond acceptors (Lipinski definition) is 12. The van der Waals surface area contributed by atoms with Crippen molar-refractivity contribution in [3.63, 3.8) is 0 Å². The van der Waals surface area contributed by atoms with Crippen LogP contribution in [0.15, 0.2) is 89.8 Å². The molecule has 15 heteroatoms. The zero-order valence-corrected chi connectivity index (χ0v) is 40.9. The van der Waals surface area contributed by atoms with Crippen LogP contribution in [0.4, 0.5) is 0 Å². The van der Waals surface area contributed by atoms with E-state index in [-0.39, 0.29) is 49.3 Å². The molecule has 0 fully saturated rings. The zero-order chi connectivity index (χ0) is 47.9. The number of carbonyl (C=O) groups excluding carboxylic acids is 2. The summed E-state index contributed by atoms with van der Waals surface area (Å²) in [6, 6.07) is 26.2. The van der Waals surface area contributed by atoms with E-state index in [1.807, 2.05) is 126 Å². The van der Waals surface area contributed by atoms with Crippen LogP contribution in [0.25, 0.3) is 11.4 Å². The number of rotatable bonds is 24. The van der Waals surface area contributed by atoms with Crippen molar-refractivity contribution in [3.8, 4) is 28.6 Å². The van der Waals surface area contributed by atoms with Gasteiger partial charge in [-0.15, -0.1) is 5.10 Å². The highest BCUT2D eigenvalue weighted by molar-refractivity contribution is 7.89. The highest BCUT2D eigenvalue weighted by Crippen LogP contribution is 2.38. The lowest BCUT2D eigenvalue weighted by Crippen LogP contribution is -2.32. The van der Waals surface area contributed by atoms with Crippen molar-refractivity contribution in [2.45, 2.75) is 141 Å². The number of methoxy groups -OCH3 is 3. The van der Waals surface area contributed by atoms with E-state index in [9.17, 15) is 9.59 Å². The molecule has 5 aromatic rings. The quantitative estimate of drug-likeness (QED) is 0.0426. The number of esters is 2. The molecule has 356 valence electrons. The summed E-state index contributed by atoms with van der Waals surface area (Å²) in [6.07, 6.45) is 5.31. The van der Waals surface area contributed by atoms with Crippen LogP contribution in [0.5, 0.6) is 17.2 Å². The number of hydrogen-bond donors (Lipinski definition) is 0. The predicted molar refractivity (Wildman–Crippen MR) is 254 cm³/mol. The molecule has 0 N–H and O–H groups in total. The number of tetrazole rings is 1. The van der Waals surface area contributed by atoms with Gasteiger partial charge in [-0.3, -0.25) is 9.59 Å². The average Bonchev–Trinajstić information content (AvgIpc) is 3.73. The topological polar surface area (TPSA) is 161 Å². The number of benzene rings is 4. The lowest BCUT2D eigenvalue weighted by Gasteiger charge is -2.27. The average molecular weight is 926 g/mol. The van der Waals surface area contributed by atoms with E-state index in [4.69, 9.17) is 23.7 Å². The third-order valence-electron chi connectivity index (χ3n) is 10.7. The Morgan fingerprint density at radius 2 is 1.00 bits per heavy atom. The Morgan fingerprint density at radius 3 is 1.44 bits per heavy atom. The van der Waals surface area contributed by atoms with Crippen molar-refractivity contribution in [3.05, 3.63) is 113 Å². The van der Waals surface area contributed by atoms with Gasteiger partial charge in [0.2, 0.25) is 10.0 Å². The number of ether oxygens (including phenoxy) is 5. The van der Waals surface area contributed by atoms with Gasteiger partial charge in [0, 0.05) is 31.5 Å². The fourth-order valence-electron chi connectivity index (χ4n) is 7.54. The highest BCUT2D eigenvalue weighted by atomic mass is 32.2. The van der Waals surface area contributed by atoms with E-state index in [2.05, 4.69) is 15.5 Å². The molecule has 0 bridgehead atoms. The summed E-state index contributed by atoms with van der Waals surface area (Å²) in [5.74, 6) is 1.81. The zero-order valence-electron chi connectivity index (χ0n) is 40.1. The molecule has 4 aromatic carbocycles. The van der Waals surface area contributed by atoms with Gasteiger partial charge in [-0.1, -0.05) is 61.4 Å². The van der Waals surface area contributed by atoms with Crippen molar-refractivity contribution < 1.29 is 41.7 Å². The van der Waals surface area contributed by atoms with Gasteiger partial charge in [0.05, 0.1) is 32.8 Å². The van der Waals surface area contributed by atoms with Crippen molar-refractivity contribution in [2.75, 3.05) is 21.3 Å². The van der Waals surface area contributed by atoms with Gasteiger partial charge in [0.1, 0.15) is 28.5 Å². The molecule has 0 aliphatic heterocycles. The largest absolute Gasteiger partial charge is 0.497 e. The van der Waals surface area contributed by atoms with Gasteiger partial charge in [-0.25, -0.2) is 13.1 Å². The summed E-state index contributed by atoms with van der Waals surface area (Å²) in [5, 5.41) is 13.1.